The molecule has 0 aliphatic heterocycles. The van der Waals surface area contributed by atoms with Gasteiger partial charge in [0.05, 0.1) is 0 Å². The molecule has 0 heterocycles. The molecular formula is C7H12O7. The van der Waals surface area contributed by atoms with Crippen LogP contribution in [0.2, 0.25) is 0 Å². The Hall–Kier alpha value is -1.18. The molecule has 0 radical (unpaired) electrons. The Kier molecular flexibility index (Phi) is 3.99. The first-order chi connectivity index (χ1) is 6.27. The second-order valence-electron chi connectivity index (χ2n) is 2.84. The summed E-state index contributed by atoms with van der Waals surface area (Å²) in [5.74, 6) is -3.28. The van der Waals surface area contributed by atoms with Crippen LogP contribution in [0.15, 0.2) is 0 Å². The standard InChI is InChI=1S/C7H12O7/c1-7(14-2,6(12)13)4(9)3(8)5(10)11/h3-4,8-9H,1-2H3,(H,10,11)(H,12,13)/t3-,4+,7-/m0/s1. The third-order valence-corrected chi connectivity index (χ3v) is 1.97. The van der Waals surface area contributed by atoms with Crippen molar-refractivity contribution < 1.29 is 34.8 Å². The van der Waals surface area contributed by atoms with Crippen molar-refractivity contribution in [2.75, 3.05) is 7.11 Å². The Bertz CT molecular complexity index is 238. The Morgan fingerprint density at radius 1 is 1.29 bits per heavy atom. The van der Waals surface area contributed by atoms with Gasteiger partial charge in [0.25, 0.3) is 0 Å². The van der Waals surface area contributed by atoms with Crippen LogP contribution in [0.1, 0.15) is 6.92 Å². The van der Waals surface area contributed by atoms with Gasteiger partial charge in [-0.2, -0.15) is 0 Å². The predicted octanol–water partition coefficient (Wildman–Crippen LogP) is -1.72. The molecule has 0 aromatic heterocycles. The zero-order valence-corrected chi connectivity index (χ0v) is 7.67. The van der Waals surface area contributed by atoms with Gasteiger partial charge in [0.1, 0.15) is 6.10 Å². The number of hydrogen-bond acceptors (Lipinski definition) is 5. The molecule has 0 aromatic carbocycles. The summed E-state index contributed by atoms with van der Waals surface area (Å²) in [6, 6.07) is 0. The summed E-state index contributed by atoms with van der Waals surface area (Å²) in [4.78, 5) is 20.9. The Labute approximate surface area is 79.5 Å². The van der Waals surface area contributed by atoms with E-state index in [4.69, 9.17) is 15.3 Å². The molecule has 0 amide bonds. The molecular weight excluding hydrogens is 196 g/mol. The third-order valence-electron chi connectivity index (χ3n) is 1.97. The summed E-state index contributed by atoms with van der Waals surface area (Å²) in [5.41, 5.74) is -2.15. The molecule has 4 N–H and O–H groups in total. The van der Waals surface area contributed by atoms with E-state index in [9.17, 15) is 14.7 Å². The largest absolute Gasteiger partial charge is 0.479 e. The summed E-state index contributed by atoms with van der Waals surface area (Å²) in [6.45, 7) is 0.964. The highest BCUT2D eigenvalue weighted by Gasteiger charge is 2.47. The summed E-state index contributed by atoms with van der Waals surface area (Å²) in [5, 5.41) is 35.1. The van der Waals surface area contributed by atoms with Crippen LogP contribution in [-0.2, 0) is 14.3 Å². The average Bonchev–Trinajstić information content (AvgIpc) is 2.13. The summed E-state index contributed by atoms with van der Waals surface area (Å²) in [6.07, 6.45) is -4.27. The quantitative estimate of drug-likeness (QED) is 0.423. The van der Waals surface area contributed by atoms with E-state index in [0.717, 1.165) is 14.0 Å². The molecule has 0 saturated carbocycles. The molecule has 0 rings (SSSR count). The van der Waals surface area contributed by atoms with Gasteiger partial charge in [-0.25, -0.2) is 9.59 Å². The summed E-state index contributed by atoms with van der Waals surface area (Å²) >= 11 is 0. The van der Waals surface area contributed by atoms with E-state index < -0.39 is 29.7 Å². The molecule has 0 spiro atoms. The lowest BCUT2D eigenvalue weighted by atomic mass is 9.94. The van der Waals surface area contributed by atoms with E-state index >= 15 is 0 Å². The topological polar surface area (TPSA) is 124 Å². The monoisotopic (exact) mass is 208 g/mol. The summed E-state index contributed by atoms with van der Waals surface area (Å²) < 4.78 is 4.46. The Balaban J connectivity index is 4.87. The van der Waals surface area contributed by atoms with Gasteiger partial charge < -0.3 is 25.2 Å². The lowest BCUT2D eigenvalue weighted by molar-refractivity contribution is -0.190. The highest BCUT2D eigenvalue weighted by molar-refractivity contribution is 5.81. The van der Waals surface area contributed by atoms with E-state index in [1.54, 1.807) is 0 Å². The molecule has 0 bridgehead atoms. The first-order valence-corrected chi connectivity index (χ1v) is 3.64. The first kappa shape index (κ1) is 12.8. The molecule has 0 aromatic rings. The van der Waals surface area contributed by atoms with Gasteiger partial charge in [-0.3, -0.25) is 0 Å². The van der Waals surface area contributed by atoms with Crippen LogP contribution >= 0.6 is 0 Å². The highest BCUT2D eigenvalue weighted by atomic mass is 16.5. The minimum Gasteiger partial charge on any atom is -0.479 e. The maximum Gasteiger partial charge on any atom is 0.338 e. The number of ether oxygens (including phenoxy) is 1. The number of carboxylic acids is 2. The Morgan fingerprint density at radius 2 is 1.71 bits per heavy atom. The molecule has 14 heavy (non-hydrogen) atoms. The van der Waals surface area contributed by atoms with Crippen molar-refractivity contribution >= 4 is 11.9 Å². The fourth-order valence-corrected chi connectivity index (χ4v) is 0.771. The SMILES string of the molecule is CO[C@](C)(C(=O)O)[C@H](O)[C@H](O)C(=O)O. The van der Waals surface area contributed by atoms with Gasteiger partial charge in [-0.1, -0.05) is 0 Å². The number of rotatable bonds is 5. The Morgan fingerprint density at radius 3 is 1.93 bits per heavy atom. The molecule has 3 atom stereocenters. The maximum absolute atomic E-state index is 10.6. The maximum atomic E-state index is 10.6. The van der Waals surface area contributed by atoms with Gasteiger partial charge in [-0.15, -0.1) is 0 Å². The number of methoxy groups -OCH3 is 1. The number of carboxylic acid groups (broad SMARTS) is 2. The van der Waals surface area contributed by atoms with Crippen LogP contribution < -0.4 is 0 Å². The van der Waals surface area contributed by atoms with E-state index in [1.807, 2.05) is 0 Å². The van der Waals surface area contributed by atoms with Crippen molar-refractivity contribution in [2.24, 2.45) is 0 Å². The van der Waals surface area contributed by atoms with Crippen LogP contribution in [0.3, 0.4) is 0 Å². The van der Waals surface area contributed by atoms with Crippen molar-refractivity contribution in [3.05, 3.63) is 0 Å². The molecule has 0 aliphatic carbocycles. The van der Waals surface area contributed by atoms with E-state index in [-0.39, 0.29) is 0 Å². The van der Waals surface area contributed by atoms with Crippen molar-refractivity contribution in [3.63, 3.8) is 0 Å². The van der Waals surface area contributed by atoms with E-state index in [0.29, 0.717) is 0 Å². The number of aliphatic hydroxyl groups is 2. The molecule has 0 fully saturated rings. The fourth-order valence-electron chi connectivity index (χ4n) is 0.771. The number of aliphatic hydroxyl groups excluding tert-OH is 2. The van der Waals surface area contributed by atoms with E-state index in [1.165, 1.54) is 0 Å². The van der Waals surface area contributed by atoms with Crippen molar-refractivity contribution in [2.45, 2.75) is 24.7 Å². The van der Waals surface area contributed by atoms with Crippen LogP contribution in [0.4, 0.5) is 0 Å². The second kappa shape index (κ2) is 4.36. The minimum atomic E-state index is -2.21. The van der Waals surface area contributed by atoms with Crippen molar-refractivity contribution in [1.82, 2.24) is 0 Å². The average molecular weight is 208 g/mol. The number of aliphatic carboxylic acids is 2. The molecule has 82 valence electrons. The van der Waals surface area contributed by atoms with Gasteiger partial charge in [0, 0.05) is 7.11 Å². The van der Waals surface area contributed by atoms with Crippen LogP contribution in [0, 0.1) is 0 Å². The lowest BCUT2D eigenvalue weighted by Gasteiger charge is -2.29. The van der Waals surface area contributed by atoms with E-state index in [2.05, 4.69) is 4.74 Å². The molecule has 0 aliphatic rings. The van der Waals surface area contributed by atoms with Gasteiger partial charge in [0.2, 0.25) is 0 Å². The van der Waals surface area contributed by atoms with Crippen LogP contribution in [0.5, 0.6) is 0 Å². The first-order valence-electron chi connectivity index (χ1n) is 3.64. The minimum absolute atomic E-state index is 0.964. The molecule has 0 saturated heterocycles. The van der Waals surface area contributed by atoms with Gasteiger partial charge >= 0.3 is 11.9 Å². The third kappa shape index (κ3) is 2.19. The predicted molar refractivity (Wildman–Crippen MR) is 42.7 cm³/mol. The lowest BCUT2D eigenvalue weighted by Crippen LogP contribution is -2.55. The molecule has 0 unspecified atom stereocenters. The number of hydrogen-bond donors (Lipinski definition) is 4. The number of carbonyl (C=O) groups is 2. The second-order valence-corrected chi connectivity index (χ2v) is 2.84. The van der Waals surface area contributed by atoms with Crippen LogP contribution in [0.25, 0.3) is 0 Å². The normalized spacial score (nSPS) is 19.4. The van der Waals surface area contributed by atoms with Crippen molar-refractivity contribution in [1.29, 1.82) is 0 Å². The molecule has 7 heteroatoms. The smallest absolute Gasteiger partial charge is 0.338 e. The zero-order chi connectivity index (χ0) is 11.5. The van der Waals surface area contributed by atoms with Crippen molar-refractivity contribution in [3.8, 4) is 0 Å². The van der Waals surface area contributed by atoms with Gasteiger partial charge in [0.15, 0.2) is 11.7 Å². The molecule has 7 nitrogen and oxygen atoms in total. The highest BCUT2D eigenvalue weighted by Crippen LogP contribution is 2.18. The summed E-state index contributed by atoms with van der Waals surface area (Å²) in [7, 11) is 0.992. The fraction of sp³-hybridized carbons (Fsp3) is 0.714. The van der Waals surface area contributed by atoms with Crippen LogP contribution in [-0.4, -0.2) is 57.3 Å². The van der Waals surface area contributed by atoms with Gasteiger partial charge in [-0.05, 0) is 6.92 Å². The zero-order valence-electron chi connectivity index (χ0n) is 7.67.